The topological polar surface area (TPSA) is 66.9 Å². The van der Waals surface area contributed by atoms with Gasteiger partial charge in [0.2, 0.25) is 15.9 Å². The third kappa shape index (κ3) is 5.78. The lowest BCUT2D eigenvalue weighted by molar-refractivity contribution is -0.133. The van der Waals surface area contributed by atoms with Crippen LogP contribution in [0.2, 0.25) is 5.02 Å². The molecule has 35 heavy (non-hydrogen) atoms. The van der Waals surface area contributed by atoms with Crippen LogP contribution < -0.4 is 0 Å². The minimum atomic E-state index is -3.85. The summed E-state index contributed by atoms with van der Waals surface area (Å²) in [5.74, 6) is -0.227. The van der Waals surface area contributed by atoms with E-state index in [9.17, 15) is 13.2 Å². The van der Waals surface area contributed by atoms with Crippen molar-refractivity contribution in [3.05, 3.63) is 86.6 Å². The molecule has 4 rings (SSSR count). The molecule has 1 unspecified atom stereocenters. The lowest BCUT2D eigenvalue weighted by atomic mass is 9.93. The molecular formula is C26H29ClN2O4S2. The van der Waals surface area contributed by atoms with Crippen LogP contribution >= 0.6 is 22.9 Å². The van der Waals surface area contributed by atoms with Gasteiger partial charge >= 0.3 is 0 Å². The van der Waals surface area contributed by atoms with E-state index in [0.717, 1.165) is 23.1 Å². The molecule has 0 saturated heterocycles. The Kier molecular flexibility index (Phi) is 8.29. The van der Waals surface area contributed by atoms with Crippen molar-refractivity contribution in [3.8, 4) is 0 Å². The van der Waals surface area contributed by atoms with E-state index in [4.69, 9.17) is 16.3 Å². The van der Waals surface area contributed by atoms with Crippen molar-refractivity contribution in [1.29, 1.82) is 0 Å². The number of nitrogens with zero attached hydrogens (tertiary/aromatic N) is 2. The molecule has 186 valence electrons. The number of ether oxygens (including phenoxy) is 1. The first kappa shape index (κ1) is 25.9. The molecule has 2 heterocycles. The van der Waals surface area contributed by atoms with Crippen LogP contribution in [0.3, 0.4) is 0 Å². The maximum absolute atomic E-state index is 13.7. The van der Waals surface area contributed by atoms with E-state index in [0.29, 0.717) is 24.6 Å². The molecule has 9 heteroatoms. The number of benzene rings is 2. The SMILES string of the molecule is COCCCN(CC(=O)N1CCc2sccc2C1c1ccc(Cl)cc1)S(=O)(=O)c1ccc(C)cc1. The predicted molar refractivity (Wildman–Crippen MR) is 139 cm³/mol. The minimum absolute atomic E-state index is 0.182. The first-order valence-corrected chi connectivity index (χ1v) is 14.2. The van der Waals surface area contributed by atoms with Crippen molar-refractivity contribution >= 4 is 38.9 Å². The van der Waals surface area contributed by atoms with Gasteiger partial charge in [-0.25, -0.2) is 8.42 Å². The Morgan fingerprint density at radius 1 is 1.14 bits per heavy atom. The zero-order valence-electron chi connectivity index (χ0n) is 19.8. The van der Waals surface area contributed by atoms with Gasteiger partial charge in [0.15, 0.2) is 0 Å². The Bertz CT molecular complexity index is 1260. The molecule has 0 saturated carbocycles. The van der Waals surface area contributed by atoms with Gasteiger partial charge < -0.3 is 9.64 Å². The third-order valence-corrected chi connectivity index (χ3v) is 9.31. The highest BCUT2D eigenvalue weighted by atomic mass is 35.5. The Balaban J connectivity index is 1.64. The molecular weight excluding hydrogens is 504 g/mol. The molecule has 6 nitrogen and oxygen atoms in total. The first-order chi connectivity index (χ1) is 16.8. The fourth-order valence-corrected chi connectivity index (χ4v) is 6.82. The van der Waals surface area contributed by atoms with Crippen LogP contribution in [-0.2, 0) is 26.0 Å². The second-order valence-corrected chi connectivity index (χ2v) is 12.0. The molecule has 2 aromatic carbocycles. The molecule has 0 radical (unpaired) electrons. The van der Waals surface area contributed by atoms with Gasteiger partial charge in [0.25, 0.3) is 0 Å². The standard InChI is InChI=1S/C26H29ClN2O4S2/c1-19-4-10-22(11-5-19)35(31,32)28(14-3-16-33-2)18-25(30)29-15-12-24-23(13-17-34-24)26(29)20-6-8-21(27)9-7-20/h4-11,13,17,26H,3,12,14-16,18H2,1-2H3. The number of hydrogen-bond donors (Lipinski definition) is 0. The van der Waals surface area contributed by atoms with Crippen molar-refractivity contribution in [2.24, 2.45) is 0 Å². The molecule has 1 amide bonds. The van der Waals surface area contributed by atoms with Crippen LogP contribution in [0.15, 0.2) is 64.9 Å². The van der Waals surface area contributed by atoms with Gasteiger partial charge in [0, 0.05) is 36.7 Å². The molecule has 1 aliphatic heterocycles. The smallest absolute Gasteiger partial charge is 0.243 e. The minimum Gasteiger partial charge on any atom is -0.385 e. The molecule has 0 bridgehead atoms. The van der Waals surface area contributed by atoms with Crippen LogP contribution in [0, 0.1) is 6.92 Å². The predicted octanol–water partition coefficient (Wildman–Crippen LogP) is 4.91. The third-order valence-electron chi connectivity index (χ3n) is 6.20. The van der Waals surface area contributed by atoms with Crippen LogP contribution in [-0.4, -0.2) is 56.9 Å². The summed E-state index contributed by atoms with van der Waals surface area (Å²) >= 11 is 7.80. The number of carbonyl (C=O) groups is 1. The second kappa shape index (κ2) is 11.2. The maximum atomic E-state index is 13.7. The fraction of sp³-hybridized carbons (Fsp3) is 0.346. The summed E-state index contributed by atoms with van der Waals surface area (Å²) < 4.78 is 33.4. The van der Waals surface area contributed by atoms with Gasteiger partial charge in [0.05, 0.1) is 17.5 Å². The number of amides is 1. The van der Waals surface area contributed by atoms with Crippen LogP contribution in [0.1, 0.15) is 34.0 Å². The quantitative estimate of drug-likeness (QED) is 0.367. The maximum Gasteiger partial charge on any atom is 0.243 e. The Labute approximate surface area is 216 Å². The zero-order chi connectivity index (χ0) is 25.0. The van der Waals surface area contributed by atoms with Gasteiger partial charge in [0.1, 0.15) is 0 Å². The van der Waals surface area contributed by atoms with Gasteiger partial charge in [-0.2, -0.15) is 4.31 Å². The summed E-state index contributed by atoms with van der Waals surface area (Å²) in [5.41, 5.74) is 3.01. The normalized spacial score (nSPS) is 15.9. The molecule has 3 aromatic rings. The first-order valence-electron chi connectivity index (χ1n) is 11.5. The van der Waals surface area contributed by atoms with Crippen molar-refractivity contribution in [3.63, 3.8) is 0 Å². The molecule has 0 N–H and O–H groups in total. The molecule has 1 atom stereocenters. The number of halogens is 1. The van der Waals surface area contributed by atoms with Crippen molar-refractivity contribution < 1.29 is 17.9 Å². The molecule has 1 aromatic heterocycles. The summed E-state index contributed by atoms with van der Waals surface area (Å²) in [5, 5.41) is 2.67. The number of fused-ring (bicyclic) bond motifs is 1. The van der Waals surface area contributed by atoms with E-state index >= 15 is 0 Å². The highest BCUT2D eigenvalue weighted by Gasteiger charge is 2.35. The van der Waals surface area contributed by atoms with Gasteiger partial charge in [-0.1, -0.05) is 41.4 Å². The van der Waals surface area contributed by atoms with Crippen molar-refractivity contribution in [2.45, 2.75) is 30.7 Å². The number of methoxy groups -OCH3 is 1. The van der Waals surface area contributed by atoms with Crippen LogP contribution in [0.5, 0.6) is 0 Å². The van der Waals surface area contributed by atoms with E-state index in [1.165, 1.54) is 9.18 Å². The lowest BCUT2D eigenvalue weighted by Gasteiger charge is -2.37. The number of rotatable bonds is 9. The number of carbonyl (C=O) groups excluding carboxylic acids is 1. The fourth-order valence-electron chi connectivity index (χ4n) is 4.36. The summed E-state index contributed by atoms with van der Waals surface area (Å²) in [6.45, 7) is 2.80. The number of aryl methyl sites for hydroxylation is 1. The summed E-state index contributed by atoms with van der Waals surface area (Å²) in [4.78, 5) is 16.9. The Morgan fingerprint density at radius 2 is 1.86 bits per heavy atom. The number of hydrogen-bond acceptors (Lipinski definition) is 5. The molecule has 0 spiro atoms. The largest absolute Gasteiger partial charge is 0.385 e. The van der Waals surface area contributed by atoms with E-state index < -0.39 is 10.0 Å². The van der Waals surface area contributed by atoms with E-state index in [1.54, 1.807) is 47.6 Å². The lowest BCUT2D eigenvalue weighted by Crippen LogP contribution is -2.47. The van der Waals surface area contributed by atoms with Crippen LogP contribution in [0.4, 0.5) is 0 Å². The van der Waals surface area contributed by atoms with Gasteiger partial charge in [-0.3, -0.25) is 4.79 Å². The molecule has 0 fully saturated rings. The Hall–Kier alpha value is -2.23. The highest BCUT2D eigenvalue weighted by molar-refractivity contribution is 7.89. The summed E-state index contributed by atoms with van der Waals surface area (Å²) in [6.07, 6.45) is 1.24. The van der Waals surface area contributed by atoms with Crippen molar-refractivity contribution in [1.82, 2.24) is 9.21 Å². The van der Waals surface area contributed by atoms with Crippen molar-refractivity contribution in [2.75, 3.05) is 33.4 Å². The molecule has 1 aliphatic rings. The highest BCUT2D eigenvalue weighted by Crippen LogP contribution is 2.38. The van der Waals surface area contributed by atoms with Gasteiger partial charge in [-0.05, 0) is 66.6 Å². The monoisotopic (exact) mass is 532 g/mol. The van der Waals surface area contributed by atoms with E-state index in [2.05, 4.69) is 6.07 Å². The average Bonchev–Trinajstić information content (AvgIpc) is 3.33. The molecule has 0 aliphatic carbocycles. The average molecular weight is 533 g/mol. The van der Waals surface area contributed by atoms with E-state index in [-0.39, 0.29) is 29.9 Å². The van der Waals surface area contributed by atoms with Gasteiger partial charge in [-0.15, -0.1) is 11.3 Å². The summed E-state index contributed by atoms with van der Waals surface area (Å²) in [6, 6.07) is 16.0. The number of thiophene rings is 1. The zero-order valence-corrected chi connectivity index (χ0v) is 22.2. The van der Waals surface area contributed by atoms with Crippen LogP contribution in [0.25, 0.3) is 0 Å². The van der Waals surface area contributed by atoms with E-state index in [1.807, 2.05) is 36.6 Å². The second-order valence-electron chi connectivity index (χ2n) is 8.59. The number of sulfonamides is 1. The summed E-state index contributed by atoms with van der Waals surface area (Å²) in [7, 11) is -2.28. The Morgan fingerprint density at radius 3 is 2.54 bits per heavy atom.